The second-order valence-electron chi connectivity index (χ2n) is 5.55. The summed E-state index contributed by atoms with van der Waals surface area (Å²) in [6.07, 6.45) is 1.60. The van der Waals surface area contributed by atoms with E-state index in [4.69, 9.17) is 4.74 Å². The van der Waals surface area contributed by atoms with Gasteiger partial charge in [-0.2, -0.15) is 0 Å². The molecule has 0 atom stereocenters. The van der Waals surface area contributed by atoms with Crippen molar-refractivity contribution in [2.45, 2.75) is 25.8 Å². The number of nitrogens with one attached hydrogen (secondary N) is 1. The zero-order valence-corrected chi connectivity index (χ0v) is 13.2. The Morgan fingerprint density at radius 3 is 2.70 bits per heavy atom. The van der Waals surface area contributed by atoms with Gasteiger partial charge >= 0.3 is 5.97 Å². The third-order valence-corrected chi connectivity index (χ3v) is 3.85. The van der Waals surface area contributed by atoms with Crippen molar-refractivity contribution in [1.82, 2.24) is 4.90 Å². The molecule has 1 saturated heterocycles. The Kier molecular flexibility index (Phi) is 5.49. The quantitative estimate of drug-likeness (QED) is 0.508. The molecule has 0 amide bonds. The van der Waals surface area contributed by atoms with Crippen molar-refractivity contribution in [3.8, 4) is 0 Å². The number of nitro benzene ring substituents is 1. The Morgan fingerprint density at radius 1 is 1.48 bits per heavy atom. The molecule has 7 nitrogen and oxygen atoms in total. The Balaban J connectivity index is 2.32. The van der Waals surface area contributed by atoms with Gasteiger partial charge in [0, 0.05) is 12.1 Å². The zero-order chi connectivity index (χ0) is 17.0. The van der Waals surface area contributed by atoms with Crippen molar-refractivity contribution in [2.75, 3.05) is 32.1 Å². The first-order valence-electron chi connectivity index (χ1n) is 7.52. The summed E-state index contributed by atoms with van der Waals surface area (Å²) in [4.78, 5) is 24.3. The van der Waals surface area contributed by atoms with Crippen LogP contribution in [0.15, 0.2) is 12.1 Å². The summed E-state index contributed by atoms with van der Waals surface area (Å²) >= 11 is 0. The number of nitrogens with zero attached hydrogens (tertiary/aromatic N) is 2. The predicted octanol–water partition coefficient (Wildman–Crippen LogP) is 2.42. The summed E-state index contributed by atoms with van der Waals surface area (Å²) in [5, 5.41) is 13.9. The smallest absolute Gasteiger partial charge is 0.340 e. The summed E-state index contributed by atoms with van der Waals surface area (Å²) in [7, 11) is 2.01. The Hall–Kier alpha value is -2.22. The molecule has 0 radical (unpaired) electrons. The minimum atomic E-state index is -0.818. The number of nitro groups is 1. The number of rotatable bonds is 5. The van der Waals surface area contributed by atoms with E-state index in [2.05, 4.69) is 10.2 Å². The standard InChI is InChI=1S/C15H20FN3O4/c1-3-23-15(20)12-8-11(19(21)22)9-13(16)14(12)17-10-4-6-18(2)7-5-10/h8-10,17H,3-7H2,1-2H3. The lowest BCUT2D eigenvalue weighted by Gasteiger charge is -2.30. The summed E-state index contributed by atoms with van der Waals surface area (Å²) in [5.74, 6) is -1.59. The van der Waals surface area contributed by atoms with E-state index in [0.29, 0.717) is 0 Å². The highest BCUT2D eigenvalue weighted by molar-refractivity contribution is 5.96. The van der Waals surface area contributed by atoms with Gasteiger partial charge in [0.25, 0.3) is 5.69 Å². The lowest BCUT2D eigenvalue weighted by atomic mass is 10.0. The minimum absolute atomic E-state index is 0.00957. The molecule has 0 aliphatic carbocycles. The lowest BCUT2D eigenvalue weighted by Crippen LogP contribution is -2.37. The van der Waals surface area contributed by atoms with Crippen LogP contribution in [0.5, 0.6) is 0 Å². The van der Waals surface area contributed by atoms with Crippen LogP contribution in [0, 0.1) is 15.9 Å². The maximum absolute atomic E-state index is 14.3. The molecule has 0 saturated carbocycles. The number of likely N-dealkylation sites (tertiary alicyclic amines) is 1. The van der Waals surface area contributed by atoms with Crippen molar-refractivity contribution in [3.05, 3.63) is 33.6 Å². The van der Waals surface area contributed by atoms with Gasteiger partial charge < -0.3 is 15.0 Å². The van der Waals surface area contributed by atoms with Gasteiger partial charge in [-0.15, -0.1) is 0 Å². The van der Waals surface area contributed by atoms with Crippen molar-refractivity contribution >= 4 is 17.3 Å². The van der Waals surface area contributed by atoms with Gasteiger partial charge in [0.2, 0.25) is 0 Å². The molecule has 2 rings (SSSR count). The van der Waals surface area contributed by atoms with E-state index in [1.54, 1.807) is 6.92 Å². The average Bonchev–Trinajstić information content (AvgIpc) is 2.51. The maximum atomic E-state index is 14.3. The van der Waals surface area contributed by atoms with Gasteiger partial charge in [-0.25, -0.2) is 9.18 Å². The zero-order valence-electron chi connectivity index (χ0n) is 13.2. The van der Waals surface area contributed by atoms with E-state index >= 15 is 0 Å². The Bertz CT molecular complexity index is 601. The molecule has 23 heavy (non-hydrogen) atoms. The van der Waals surface area contributed by atoms with Crippen LogP contribution < -0.4 is 5.32 Å². The molecule has 1 aliphatic heterocycles. The van der Waals surface area contributed by atoms with Gasteiger partial charge in [0.15, 0.2) is 5.82 Å². The third kappa shape index (κ3) is 4.16. The second kappa shape index (κ2) is 7.36. The molecule has 1 heterocycles. The Morgan fingerprint density at radius 2 is 2.13 bits per heavy atom. The fourth-order valence-electron chi connectivity index (χ4n) is 2.57. The van der Waals surface area contributed by atoms with E-state index in [1.807, 2.05) is 7.05 Å². The topological polar surface area (TPSA) is 84.7 Å². The second-order valence-corrected chi connectivity index (χ2v) is 5.55. The largest absolute Gasteiger partial charge is 0.462 e. The molecule has 1 N–H and O–H groups in total. The number of benzene rings is 1. The number of hydrogen-bond donors (Lipinski definition) is 1. The molecule has 0 bridgehead atoms. The number of hydrogen-bond acceptors (Lipinski definition) is 6. The van der Waals surface area contributed by atoms with Gasteiger partial charge in [0.1, 0.15) is 0 Å². The van der Waals surface area contributed by atoms with E-state index in [-0.39, 0.29) is 23.9 Å². The van der Waals surface area contributed by atoms with E-state index in [1.165, 1.54) is 0 Å². The number of carbonyl (C=O) groups is 1. The average molecular weight is 325 g/mol. The van der Waals surface area contributed by atoms with E-state index < -0.39 is 22.4 Å². The van der Waals surface area contributed by atoms with Crippen LogP contribution >= 0.6 is 0 Å². The van der Waals surface area contributed by atoms with Gasteiger partial charge in [-0.1, -0.05) is 0 Å². The molecule has 1 aromatic rings. The number of halogens is 1. The predicted molar refractivity (Wildman–Crippen MR) is 83.2 cm³/mol. The monoisotopic (exact) mass is 325 g/mol. The molecule has 1 aliphatic rings. The number of carbonyl (C=O) groups excluding carboxylic acids is 1. The first kappa shape index (κ1) is 17.1. The highest BCUT2D eigenvalue weighted by atomic mass is 19.1. The van der Waals surface area contributed by atoms with Crippen LogP contribution in [0.3, 0.4) is 0 Å². The van der Waals surface area contributed by atoms with Gasteiger partial charge in [-0.3, -0.25) is 10.1 Å². The van der Waals surface area contributed by atoms with Crippen LogP contribution in [-0.2, 0) is 4.74 Å². The first-order chi connectivity index (χ1) is 10.9. The van der Waals surface area contributed by atoms with Gasteiger partial charge in [-0.05, 0) is 39.9 Å². The fourth-order valence-corrected chi connectivity index (χ4v) is 2.57. The van der Waals surface area contributed by atoms with Crippen molar-refractivity contribution in [3.63, 3.8) is 0 Å². The highest BCUT2D eigenvalue weighted by Crippen LogP contribution is 2.29. The fraction of sp³-hybridized carbons (Fsp3) is 0.533. The number of non-ortho nitro benzene ring substituents is 1. The molecule has 0 spiro atoms. The SMILES string of the molecule is CCOC(=O)c1cc([N+](=O)[O-])cc(F)c1NC1CCN(C)CC1. The molecule has 126 valence electrons. The summed E-state index contributed by atoms with van der Waals surface area (Å²) in [5.41, 5.74) is -0.638. The van der Waals surface area contributed by atoms with Gasteiger partial charge in [0.05, 0.1) is 28.8 Å². The molecular weight excluding hydrogens is 305 g/mol. The van der Waals surface area contributed by atoms with Crippen molar-refractivity contribution in [1.29, 1.82) is 0 Å². The first-order valence-corrected chi connectivity index (χ1v) is 7.52. The Labute approximate surface area is 133 Å². The normalized spacial score (nSPS) is 16.1. The van der Waals surface area contributed by atoms with Crippen LogP contribution in [0.1, 0.15) is 30.1 Å². The maximum Gasteiger partial charge on any atom is 0.340 e. The molecule has 0 unspecified atom stereocenters. The summed E-state index contributed by atoms with van der Waals surface area (Å²) < 4.78 is 19.2. The number of piperidine rings is 1. The van der Waals surface area contributed by atoms with Crippen LogP contribution in [-0.4, -0.2) is 48.6 Å². The van der Waals surface area contributed by atoms with Crippen molar-refractivity contribution in [2.24, 2.45) is 0 Å². The molecule has 1 fully saturated rings. The van der Waals surface area contributed by atoms with Crippen molar-refractivity contribution < 1.29 is 18.8 Å². The van der Waals surface area contributed by atoms with Crippen LogP contribution in [0.4, 0.5) is 15.8 Å². The molecule has 8 heteroatoms. The molecule has 1 aromatic carbocycles. The lowest BCUT2D eigenvalue weighted by molar-refractivity contribution is -0.385. The van der Waals surface area contributed by atoms with Crippen LogP contribution in [0.25, 0.3) is 0 Å². The molecule has 0 aromatic heterocycles. The summed E-state index contributed by atoms with van der Waals surface area (Å²) in [6, 6.07) is 1.88. The van der Waals surface area contributed by atoms with Crippen LogP contribution in [0.2, 0.25) is 0 Å². The number of esters is 1. The number of ether oxygens (including phenoxy) is 1. The minimum Gasteiger partial charge on any atom is -0.462 e. The highest BCUT2D eigenvalue weighted by Gasteiger charge is 2.25. The molecular formula is C15H20FN3O4. The number of anilines is 1. The summed E-state index contributed by atoms with van der Waals surface area (Å²) in [6.45, 7) is 3.45. The third-order valence-electron chi connectivity index (χ3n) is 3.85. The van der Waals surface area contributed by atoms with E-state index in [0.717, 1.165) is 38.1 Å². The van der Waals surface area contributed by atoms with E-state index in [9.17, 15) is 19.3 Å².